The minimum absolute atomic E-state index is 0.427. The number of rotatable bonds is 6. The number of nitrogens with one attached hydrogen (secondary N) is 1. The van der Waals surface area contributed by atoms with Crippen LogP contribution < -0.4 is 4.72 Å². The molecule has 0 bridgehead atoms. The molecule has 0 aromatic carbocycles. The molecule has 1 heterocycles. The number of nitriles is 1. The molecule has 1 fully saturated rings. The van der Waals surface area contributed by atoms with Crippen molar-refractivity contribution in [2.24, 2.45) is 5.92 Å². The summed E-state index contributed by atoms with van der Waals surface area (Å²) in [6.45, 7) is 3.82. The Hall–Kier alpha value is -0.640. The summed E-state index contributed by atoms with van der Waals surface area (Å²) in [6, 6.07) is 2.05. The zero-order chi connectivity index (χ0) is 12.7. The maximum atomic E-state index is 11.9. The normalized spacial score (nSPS) is 19.1. The summed E-state index contributed by atoms with van der Waals surface area (Å²) in [5, 5.41) is 8.36. The third kappa shape index (κ3) is 5.02. The lowest BCUT2D eigenvalue weighted by Crippen LogP contribution is -2.44. The zero-order valence-electron chi connectivity index (χ0n) is 10.4. The summed E-state index contributed by atoms with van der Waals surface area (Å²) < 4.78 is 27.9. The fourth-order valence-electron chi connectivity index (χ4n) is 1.85. The van der Waals surface area contributed by atoms with Crippen LogP contribution in [0.3, 0.4) is 0 Å². The van der Waals surface area contributed by atoms with Crippen LogP contribution in [0.5, 0.6) is 0 Å². The van der Waals surface area contributed by atoms with E-state index in [4.69, 9.17) is 5.26 Å². The van der Waals surface area contributed by atoms with Gasteiger partial charge in [0.25, 0.3) is 10.2 Å². The average Bonchev–Trinajstić information content (AvgIpc) is 2.29. The van der Waals surface area contributed by atoms with E-state index in [2.05, 4.69) is 11.6 Å². The molecular formula is C11H21N3O2S. The van der Waals surface area contributed by atoms with Gasteiger partial charge in [0.05, 0.1) is 6.07 Å². The van der Waals surface area contributed by atoms with Gasteiger partial charge in [-0.15, -0.1) is 0 Å². The molecule has 0 saturated carbocycles. The van der Waals surface area contributed by atoms with Crippen LogP contribution in [0.4, 0.5) is 0 Å². The first-order chi connectivity index (χ1) is 8.06. The third-order valence-corrected chi connectivity index (χ3v) is 4.70. The van der Waals surface area contributed by atoms with Crippen molar-refractivity contribution in [3.05, 3.63) is 0 Å². The SMILES string of the molecule is CC1CCN(S(=O)(=O)NCCCCC#N)CC1. The minimum atomic E-state index is -3.29. The smallest absolute Gasteiger partial charge is 0.202 e. The highest BCUT2D eigenvalue weighted by molar-refractivity contribution is 7.87. The van der Waals surface area contributed by atoms with E-state index < -0.39 is 10.2 Å². The van der Waals surface area contributed by atoms with Crippen LogP contribution in [0.1, 0.15) is 39.0 Å². The first kappa shape index (κ1) is 14.4. The molecule has 0 amide bonds. The molecule has 1 rings (SSSR count). The topological polar surface area (TPSA) is 73.2 Å². The van der Waals surface area contributed by atoms with Gasteiger partial charge < -0.3 is 0 Å². The van der Waals surface area contributed by atoms with Gasteiger partial charge in [0.15, 0.2) is 0 Å². The molecule has 1 aliphatic rings. The molecule has 0 aliphatic carbocycles. The lowest BCUT2D eigenvalue weighted by molar-refractivity contribution is 0.285. The van der Waals surface area contributed by atoms with Gasteiger partial charge in [-0.1, -0.05) is 6.92 Å². The summed E-state index contributed by atoms with van der Waals surface area (Å²) in [6.07, 6.45) is 3.83. The minimum Gasteiger partial charge on any atom is -0.202 e. The molecule has 0 aromatic heterocycles. The summed E-state index contributed by atoms with van der Waals surface area (Å²) in [5.41, 5.74) is 0. The van der Waals surface area contributed by atoms with E-state index >= 15 is 0 Å². The van der Waals surface area contributed by atoms with Gasteiger partial charge in [-0.2, -0.15) is 18.0 Å². The highest BCUT2D eigenvalue weighted by atomic mass is 32.2. The van der Waals surface area contributed by atoms with Crippen molar-refractivity contribution >= 4 is 10.2 Å². The number of nitrogens with zero attached hydrogens (tertiary/aromatic N) is 2. The van der Waals surface area contributed by atoms with E-state index in [9.17, 15) is 8.42 Å². The molecule has 17 heavy (non-hydrogen) atoms. The Morgan fingerprint density at radius 3 is 2.59 bits per heavy atom. The Labute approximate surface area is 104 Å². The number of piperidine rings is 1. The predicted octanol–water partition coefficient (Wildman–Crippen LogP) is 1.25. The second kappa shape index (κ2) is 6.94. The summed E-state index contributed by atoms with van der Waals surface area (Å²) in [4.78, 5) is 0. The summed E-state index contributed by atoms with van der Waals surface area (Å²) in [7, 11) is -3.29. The maximum Gasteiger partial charge on any atom is 0.279 e. The lowest BCUT2D eigenvalue weighted by Gasteiger charge is -2.29. The van der Waals surface area contributed by atoms with Crippen molar-refractivity contribution in [1.82, 2.24) is 9.03 Å². The average molecular weight is 259 g/mol. The molecule has 0 unspecified atom stereocenters. The monoisotopic (exact) mass is 259 g/mol. The van der Waals surface area contributed by atoms with E-state index in [1.807, 2.05) is 6.07 Å². The Balaban J connectivity index is 2.28. The fraction of sp³-hybridized carbons (Fsp3) is 0.909. The van der Waals surface area contributed by atoms with E-state index in [0.717, 1.165) is 25.7 Å². The van der Waals surface area contributed by atoms with Crippen molar-refractivity contribution in [2.75, 3.05) is 19.6 Å². The van der Waals surface area contributed by atoms with Crippen LogP contribution in [0, 0.1) is 17.2 Å². The van der Waals surface area contributed by atoms with E-state index in [1.165, 1.54) is 4.31 Å². The van der Waals surface area contributed by atoms with Gasteiger partial charge >= 0.3 is 0 Å². The Bertz CT molecular complexity index is 353. The van der Waals surface area contributed by atoms with Crippen molar-refractivity contribution in [1.29, 1.82) is 5.26 Å². The number of hydrogen-bond acceptors (Lipinski definition) is 3. The second-order valence-corrected chi connectivity index (χ2v) is 6.35. The molecular weight excluding hydrogens is 238 g/mol. The Morgan fingerprint density at radius 1 is 1.35 bits per heavy atom. The fourth-order valence-corrected chi connectivity index (χ4v) is 3.12. The lowest BCUT2D eigenvalue weighted by atomic mass is 10.0. The predicted molar refractivity (Wildman–Crippen MR) is 66.4 cm³/mol. The van der Waals surface area contributed by atoms with Gasteiger partial charge in [0.1, 0.15) is 0 Å². The highest BCUT2D eigenvalue weighted by Gasteiger charge is 2.25. The van der Waals surface area contributed by atoms with E-state index in [1.54, 1.807) is 0 Å². The molecule has 1 N–H and O–H groups in total. The standard InChI is InChI=1S/C11H21N3O2S/c1-11-5-9-14(10-6-11)17(15,16)13-8-4-2-3-7-12/h11,13H,2-6,8-10H2,1H3. The molecule has 0 spiro atoms. The first-order valence-electron chi connectivity index (χ1n) is 6.18. The quantitative estimate of drug-likeness (QED) is 0.729. The number of unbranched alkanes of at least 4 members (excludes halogenated alkanes) is 2. The molecule has 5 nitrogen and oxygen atoms in total. The van der Waals surface area contributed by atoms with Gasteiger partial charge in [0.2, 0.25) is 0 Å². The summed E-state index contributed by atoms with van der Waals surface area (Å²) in [5.74, 6) is 0.622. The molecule has 1 saturated heterocycles. The van der Waals surface area contributed by atoms with Crippen LogP contribution in [0.25, 0.3) is 0 Å². The molecule has 0 aromatic rings. The van der Waals surface area contributed by atoms with Gasteiger partial charge in [-0.25, -0.2) is 4.72 Å². The molecule has 1 aliphatic heterocycles. The third-order valence-electron chi connectivity index (χ3n) is 3.08. The summed E-state index contributed by atoms with van der Waals surface area (Å²) >= 11 is 0. The number of hydrogen-bond donors (Lipinski definition) is 1. The Kier molecular flexibility index (Phi) is 5.89. The van der Waals surface area contributed by atoms with Crippen LogP contribution in [-0.2, 0) is 10.2 Å². The largest absolute Gasteiger partial charge is 0.279 e. The van der Waals surface area contributed by atoms with Crippen molar-refractivity contribution in [3.63, 3.8) is 0 Å². The van der Waals surface area contributed by atoms with Crippen molar-refractivity contribution in [2.45, 2.75) is 39.0 Å². The van der Waals surface area contributed by atoms with Crippen LogP contribution in [0.15, 0.2) is 0 Å². The van der Waals surface area contributed by atoms with Crippen LogP contribution in [0.2, 0.25) is 0 Å². The Morgan fingerprint density at radius 2 is 2.00 bits per heavy atom. The van der Waals surface area contributed by atoms with Crippen molar-refractivity contribution < 1.29 is 8.42 Å². The van der Waals surface area contributed by atoms with Gasteiger partial charge in [-0.05, 0) is 31.6 Å². The zero-order valence-corrected chi connectivity index (χ0v) is 11.2. The molecule has 0 atom stereocenters. The van der Waals surface area contributed by atoms with Gasteiger partial charge in [0, 0.05) is 26.1 Å². The first-order valence-corrected chi connectivity index (χ1v) is 7.62. The van der Waals surface area contributed by atoms with E-state index in [-0.39, 0.29) is 0 Å². The van der Waals surface area contributed by atoms with Crippen LogP contribution >= 0.6 is 0 Å². The highest BCUT2D eigenvalue weighted by Crippen LogP contribution is 2.17. The second-order valence-electron chi connectivity index (χ2n) is 4.60. The molecule has 98 valence electrons. The molecule has 6 heteroatoms. The maximum absolute atomic E-state index is 11.9. The van der Waals surface area contributed by atoms with E-state index in [0.29, 0.717) is 32.0 Å². The van der Waals surface area contributed by atoms with Crippen LogP contribution in [-0.4, -0.2) is 32.4 Å². The van der Waals surface area contributed by atoms with Crippen molar-refractivity contribution in [3.8, 4) is 6.07 Å². The molecule has 0 radical (unpaired) electrons. The van der Waals surface area contributed by atoms with Gasteiger partial charge in [-0.3, -0.25) is 0 Å².